The van der Waals surface area contributed by atoms with E-state index in [4.69, 9.17) is 5.11 Å². The fourth-order valence-corrected chi connectivity index (χ4v) is 3.44. The van der Waals surface area contributed by atoms with Gasteiger partial charge in [-0.25, -0.2) is 17.9 Å². The van der Waals surface area contributed by atoms with Crippen LogP contribution >= 0.6 is 11.3 Å². The number of nitrogens with zero attached hydrogens (tertiary/aromatic N) is 1. The van der Waals surface area contributed by atoms with E-state index in [1.165, 1.54) is 16.3 Å². The zero-order valence-electron chi connectivity index (χ0n) is 10.4. The van der Waals surface area contributed by atoms with Crippen LogP contribution in [0.25, 0.3) is 0 Å². The Bertz CT molecular complexity index is 578. The van der Waals surface area contributed by atoms with Crippen molar-refractivity contribution in [2.45, 2.75) is 11.8 Å². The summed E-state index contributed by atoms with van der Waals surface area (Å²) in [5, 5.41) is 10.2. The van der Waals surface area contributed by atoms with Crippen molar-refractivity contribution in [2.24, 2.45) is 0 Å². The molecule has 0 bridgehead atoms. The molecule has 106 valence electrons. The van der Waals surface area contributed by atoms with Gasteiger partial charge >= 0.3 is 5.97 Å². The summed E-state index contributed by atoms with van der Waals surface area (Å²) in [5.41, 5.74) is 0. The number of rotatable bonds is 6. The Balaban J connectivity index is 2.85. The van der Waals surface area contributed by atoms with E-state index in [-0.39, 0.29) is 9.77 Å². The summed E-state index contributed by atoms with van der Waals surface area (Å²) in [6.45, 7) is 1.81. The van der Waals surface area contributed by atoms with Gasteiger partial charge in [-0.3, -0.25) is 4.79 Å². The summed E-state index contributed by atoms with van der Waals surface area (Å²) < 4.78 is 25.9. The van der Waals surface area contributed by atoms with Crippen LogP contribution in [0.2, 0.25) is 0 Å². The first kappa shape index (κ1) is 15.6. The molecule has 0 fully saturated rings. The highest BCUT2D eigenvalue weighted by molar-refractivity contribution is 7.89. The highest BCUT2D eigenvalue weighted by Crippen LogP contribution is 2.21. The lowest BCUT2D eigenvalue weighted by Crippen LogP contribution is -2.38. The monoisotopic (exact) mass is 306 g/mol. The molecule has 1 amide bonds. The number of carbonyl (C=O) groups is 2. The molecule has 1 aromatic rings. The molecule has 0 aliphatic heterocycles. The Labute approximate surface area is 114 Å². The molecule has 0 radical (unpaired) electrons. The third-order valence-electron chi connectivity index (χ3n) is 2.43. The van der Waals surface area contributed by atoms with Crippen LogP contribution in [0.3, 0.4) is 0 Å². The van der Waals surface area contributed by atoms with Crippen LogP contribution in [0.4, 0.5) is 0 Å². The number of hydrogen-bond acceptors (Lipinski definition) is 5. The molecule has 0 aromatic carbocycles. The fraction of sp³-hybridized carbons (Fsp3) is 0.400. The number of carbonyl (C=O) groups excluding carboxylic acids is 1. The smallest absolute Gasteiger partial charge is 0.347 e. The molecule has 0 saturated carbocycles. The summed E-state index contributed by atoms with van der Waals surface area (Å²) in [6.07, 6.45) is 0. The van der Waals surface area contributed by atoms with E-state index in [9.17, 15) is 18.0 Å². The number of likely N-dealkylation sites (N-methyl/N-ethyl adjacent to an activating group) is 1. The summed E-state index contributed by atoms with van der Waals surface area (Å²) in [4.78, 5) is 23.1. The standard InChI is InChI=1S/C10H14N2O5S2/c1-3-12(2)8(13)6-11-19(16,17)7-4-5-18-9(7)10(14)15/h4-5,11H,3,6H2,1-2H3,(H,14,15). The SMILES string of the molecule is CCN(C)C(=O)CNS(=O)(=O)c1ccsc1C(=O)O. The molecule has 0 unspecified atom stereocenters. The normalized spacial score (nSPS) is 11.3. The van der Waals surface area contributed by atoms with Crippen LogP contribution in [0.1, 0.15) is 16.6 Å². The molecule has 0 atom stereocenters. The number of carboxylic acids is 1. The first-order chi connectivity index (χ1) is 8.79. The lowest BCUT2D eigenvalue weighted by atomic mass is 10.5. The van der Waals surface area contributed by atoms with Crippen molar-refractivity contribution in [2.75, 3.05) is 20.1 Å². The van der Waals surface area contributed by atoms with Gasteiger partial charge in [0.05, 0.1) is 6.54 Å². The predicted molar refractivity (Wildman–Crippen MR) is 69.8 cm³/mol. The minimum Gasteiger partial charge on any atom is -0.477 e. The van der Waals surface area contributed by atoms with Gasteiger partial charge in [-0.15, -0.1) is 11.3 Å². The van der Waals surface area contributed by atoms with Crippen molar-refractivity contribution < 1.29 is 23.1 Å². The minimum atomic E-state index is -4.00. The number of carboxylic acid groups (broad SMARTS) is 1. The van der Waals surface area contributed by atoms with Crippen LogP contribution in [-0.2, 0) is 14.8 Å². The van der Waals surface area contributed by atoms with Gasteiger partial charge in [0.25, 0.3) is 0 Å². The second kappa shape index (κ2) is 6.13. The van der Waals surface area contributed by atoms with E-state index in [1.54, 1.807) is 14.0 Å². The molecule has 1 aromatic heterocycles. The van der Waals surface area contributed by atoms with Crippen molar-refractivity contribution in [1.29, 1.82) is 0 Å². The Hall–Kier alpha value is -1.45. The highest BCUT2D eigenvalue weighted by atomic mass is 32.2. The molecule has 19 heavy (non-hydrogen) atoms. The Morgan fingerprint density at radius 1 is 1.47 bits per heavy atom. The van der Waals surface area contributed by atoms with Crippen LogP contribution < -0.4 is 4.72 Å². The maximum absolute atomic E-state index is 11.9. The second-order valence-electron chi connectivity index (χ2n) is 3.65. The molecule has 0 aliphatic rings. The van der Waals surface area contributed by atoms with Crippen LogP contribution in [-0.4, -0.2) is 50.4 Å². The number of sulfonamides is 1. The maximum atomic E-state index is 11.9. The zero-order chi connectivity index (χ0) is 14.6. The quantitative estimate of drug-likeness (QED) is 0.781. The van der Waals surface area contributed by atoms with Gasteiger partial charge in [-0.2, -0.15) is 0 Å². The molecule has 7 nitrogen and oxygen atoms in total. The molecular weight excluding hydrogens is 292 g/mol. The number of amides is 1. The highest BCUT2D eigenvalue weighted by Gasteiger charge is 2.24. The van der Waals surface area contributed by atoms with Gasteiger partial charge in [0.2, 0.25) is 15.9 Å². The van der Waals surface area contributed by atoms with E-state index >= 15 is 0 Å². The first-order valence-electron chi connectivity index (χ1n) is 5.34. The van der Waals surface area contributed by atoms with Gasteiger partial charge in [0, 0.05) is 13.6 Å². The molecule has 2 N–H and O–H groups in total. The summed E-state index contributed by atoms with van der Waals surface area (Å²) >= 11 is 0.816. The van der Waals surface area contributed by atoms with Crippen molar-refractivity contribution in [3.05, 3.63) is 16.3 Å². The minimum absolute atomic E-state index is 0.274. The fourth-order valence-electron chi connectivity index (χ4n) is 1.21. The van der Waals surface area contributed by atoms with Crippen LogP contribution in [0.5, 0.6) is 0 Å². The topological polar surface area (TPSA) is 104 Å². The van der Waals surface area contributed by atoms with E-state index < -0.39 is 28.4 Å². The van der Waals surface area contributed by atoms with Gasteiger partial charge < -0.3 is 10.0 Å². The lowest BCUT2D eigenvalue weighted by Gasteiger charge is -2.14. The number of aromatic carboxylic acids is 1. The molecule has 1 heterocycles. The van der Waals surface area contributed by atoms with Gasteiger partial charge in [0.15, 0.2) is 0 Å². The molecule has 9 heteroatoms. The summed E-state index contributed by atoms with van der Waals surface area (Å²) in [7, 11) is -2.45. The van der Waals surface area contributed by atoms with E-state index in [2.05, 4.69) is 4.72 Å². The second-order valence-corrected chi connectivity index (χ2v) is 6.30. The number of nitrogens with one attached hydrogen (secondary N) is 1. The molecule has 0 spiro atoms. The predicted octanol–water partition coefficient (Wildman–Crippen LogP) is 0.203. The molecule has 0 saturated heterocycles. The van der Waals surface area contributed by atoms with Crippen molar-refractivity contribution in [3.8, 4) is 0 Å². The largest absolute Gasteiger partial charge is 0.477 e. The van der Waals surface area contributed by atoms with Crippen LogP contribution in [0, 0.1) is 0 Å². The average molecular weight is 306 g/mol. The van der Waals surface area contributed by atoms with Gasteiger partial charge in [0.1, 0.15) is 9.77 Å². The van der Waals surface area contributed by atoms with E-state index in [1.807, 2.05) is 0 Å². The van der Waals surface area contributed by atoms with Crippen molar-refractivity contribution in [1.82, 2.24) is 9.62 Å². The number of hydrogen-bond donors (Lipinski definition) is 2. The third kappa shape index (κ3) is 3.75. The molecular formula is C10H14N2O5S2. The Morgan fingerprint density at radius 2 is 2.11 bits per heavy atom. The van der Waals surface area contributed by atoms with E-state index in [0.717, 1.165) is 11.3 Å². The zero-order valence-corrected chi connectivity index (χ0v) is 12.0. The van der Waals surface area contributed by atoms with E-state index in [0.29, 0.717) is 6.54 Å². The first-order valence-corrected chi connectivity index (χ1v) is 7.70. The molecule has 0 aliphatic carbocycles. The van der Waals surface area contributed by atoms with Gasteiger partial charge in [-0.1, -0.05) is 0 Å². The van der Waals surface area contributed by atoms with Crippen molar-refractivity contribution >= 4 is 33.2 Å². The van der Waals surface area contributed by atoms with Crippen LogP contribution in [0.15, 0.2) is 16.3 Å². The molecule has 1 rings (SSSR count). The summed E-state index contributed by atoms with van der Waals surface area (Å²) in [6, 6.07) is 1.20. The Morgan fingerprint density at radius 3 is 2.63 bits per heavy atom. The number of thiophene rings is 1. The average Bonchev–Trinajstić information content (AvgIpc) is 2.85. The maximum Gasteiger partial charge on any atom is 0.347 e. The summed E-state index contributed by atoms with van der Waals surface area (Å²) in [5.74, 6) is -1.70. The van der Waals surface area contributed by atoms with Gasteiger partial charge in [-0.05, 0) is 18.4 Å². The lowest BCUT2D eigenvalue weighted by molar-refractivity contribution is -0.128. The third-order valence-corrected chi connectivity index (χ3v) is 4.90. The Kier molecular flexibility index (Phi) is 5.04. The van der Waals surface area contributed by atoms with Crippen molar-refractivity contribution in [3.63, 3.8) is 0 Å².